The van der Waals surface area contributed by atoms with E-state index in [1.807, 2.05) is 0 Å². The van der Waals surface area contributed by atoms with Gasteiger partial charge in [-0.25, -0.2) is 0 Å². The molecule has 0 saturated carbocycles. The van der Waals surface area contributed by atoms with E-state index < -0.39 is 0 Å². The Morgan fingerprint density at radius 3 is 2.43 bits per heavy atom. The molecule has 0 fully saturated rings. The lowest BCUT2D eigenvalue weighted by molar-refractivity contribution is 0.404. The largest absolute Gasteiger partial charge is 0.310 e. The lowest BCUT2D eigenvalue weighted by Gasteiger charge is -2.24. The predicted molar refractivity (Wildman–Crippen MR) is 96.8 cm³/mol. The van der Waals surface area contributed by atoms with Gasteiger partial charge in [-0.3, -0.25) is 0 Å². The molecule has 21 heavy (non-hydrogen) atoms. The van der Waals surface area contributed by atoms with Gasteiger partial charge in [0.2, 0.25) is 0 Å². The zero-order chi connectivity index (χ0) is 15.2. The lowest BCUT2D eigenvalue weighted by atomic mass is 9.91. The first-order valence-electron chi connectivity index (χ1n) is 8.07. The van der Waals surface area contributed by atoms with Crippen LogP contribution in [-0.4, -0.2) is 6.54 Å². The van der Waals surface area contributed by atoms with Crippen LogP contribution in [0.4, 0.5) is 0 Å². The van der Waals surface area contributed by atoms with Crippen LogP contribution in [0.25, 0.3) is 10.8 Å². The van der Waals surface area contributed by atoms with Crippen LogP contribution in [0.2, 0.25) is 0 Å². The molecule has 1 N–H and O–H groups in total. The summed E-state index contributed by atoms with van der Waals surface area (Å²) >= 11 is 3.68. The Balaban J connectivity index is 2.41. The van der Waals surface area contributed by atoms with Gasteiger partial charge in [-0.05, 0) is 47.7 Å². The first-order chi connectivity index (χ1) is 10.2. The molecule has 2 aromatic rings. The van der Waals surface area contributed by atoms with Gasteiger partial charge in [0.1, 0.15) is 0 Å². The predicted octanol–water partition coefficient (Wildman–Crippen LogP) is 6.08. The highest BCUT2D eigenvalue weighted by Crippen LogP contribution is 2.33. The average molecular weight is 348 g/mol. The van der Waals surface area contributed by atoms with Crippen molar-refractivity contribution in [1.82, 2.24) is 5.32 Å². The summed E-state index contributed by atoms with van der Waals surface area (Å²) in [5.41, 5.74) is 1.43. The van der Waals surface area contributed by atoms with E-state index >= 15 is 0 Å². The minimum Gasteiger partial charge on any atom is -0.310 e. The third kappa shape index (κ3) is 4.08. The molecule has 0 aliphatic heterocycles. The van der Waals surface area contributed by atoms with Crippen molar-refractivity contribution >= 4 is 26.7 Å². The molecular weight excluding hydrogens is 322 g/mol. The molecule has 2 unspecified atom stereocenters. The van der Waals surface area contributed by atoms with E-state index in [0.717, 1.165) is 12.5 Å². The summed E-state index contributed by atoms with van der Waals surface area (Å²) in [7, 11) is 0. The van der Waals surface area contributed by atoms with Gasteiger partial charge in [0.15, 0.2) is 0 Å². The summed E-state index contributed by atoms with van der Waals surface area (Å²) in [6.45, 7) is 7.93. The Hall–Kier alpha value is -0.860. The molecule has 0 aliphatic rings. The number of hydrogen-bond acceptors (Lipinski definition) is 1. The highest BCUT2D eigenvalue weighted by atomic mass is 79.9. The normalized spacial score (nSPS) is 14.3. The molecule has 1 nitrogen and oxygen atoms in total. The number of rotatable bonds is 7. The van der Waals surface area contributed by atoms with E-state index in [0.29, 0.717) is 6.04 Å². The van der Waals surface area contributed by atoms with Gasteiger partial charge in [0.25, 0.3) is 0 Å². The van der Waals surface area contributed by atoms with Crippen molar-refractivity contribution < 1.29 is 0 Å². The number of halogens is 1. The average Bonchev–Trinajstić information content (AvgIpc) is 2.52. The van der Waals surface area contributed by atoms with Crippen LogP contribution in [-0.2, 0) is 0 Å². The fourth-order valence-corrected chi connectivity index (χ4v) is 3.28. The maximum Gasteiger partial charge on any atom is 0.0328 e. The Morgan fingerprint density at radius 1 is 1.05 bits per heavy atom. The van der Waals surface area contributed by atoms with E-state index in [2.05, 4.69) is 78.4 Å². The highest BCUT2D eigenvalue weighted by Gasteiger charge is 2.17. The third-order valence-electron chi connectivity index (χ3n) is 4.26. The lowest BCUT2D eigenvalue weighted by Crippen LogP contribution is -2.24. The second-order valence-corrected chi connectivity index (χ2v) is 6.79. The van der Waals surface area contributed by atoms with Crippen molar-refractivity contribution in [3.05, 3.63) is 46.4 Å². The van der Waals surface area contributed by atoms with Crippen molar-refractivity contribution in [2.75, 3.05) is 6.54 Å². The summed E-state index contributed by atoms with van der Waals surface area (Å²) < 4.78 is 1.18. The van der Waals surface area contributed by atoms with E-state index in [-0.39, 0.29) is 0 Å². The topological polar surface area (TPSA) is 12.0 Å². The van der Waals surface area contributed by atoms with Crippen LogP contribution in [0.15, 0.2) is 40.9 Å². The van der Waals surface area contributed by atoms with Crippen molar-refractivity contribution in [1.29, 1.82) is 0 Å². The molecular formula is C19H26BrN. The maximum atomic E-state index is 3.75. The molecule has 0 amide bonds. The fourth-order valence-electron chi connectivity index (χ4n) is 2.80. The van der Waals surface area contributed by atoms with E-state index in [9.17, 15) is 0 Å². The SMILES string of the molecule is CCCNC(CC(C)CC)c1ccc(Br)c2ccccc12. The van der Waals surface area contributed by atoms with Gasteiger partial charge in [-0.15, -0.1) is 0 Å². The Labute approximate surface area is 137 Å². The number of hydrogen-bond donors (Lipinski definition) is 1. The third-order valence-corrected chi connectivity index (χ3v) is 4.95. The summed E-state index contributed by atoms with van der Waals surface area (Å²) in [5, 5.41) is 6.42. The standard InChI is InChI=1S/C19H26BrN/c1-4-12-21-19(13-14(3)5-2)17-10-11-18(20)16-9-7-6-8-15(16)17/h6-11,14,19,21H,4-5,12-13H2,1-3H3. The van der Waals surface area contributed by atoms with Crippen molar-refractivity contribution in [2.45, 2.75) is 46.1 Å². The van der Waals surface area contributed by atoms with E-state index in [1.165, 1.54) is 40.1 Å². The summed E-state index contributed by atoms with van der Waals surface area (Å²) in [6, 6.07) is 13.6. The van der Waals surface area contributed by atoms with E-state index in [1.54, 1.807) is 0 Å². The molecule has 0 bridgehead atoms. The highest BCUT2D eigenvalue weighted by molar-refractivity contribution is 9.10. The van der Waals surface area contributed by atoms with Crippen LogP contribution >= 0.6 is 15.9 Å². The van der Waals surface area contributed by atoms with Gasteiger partial charge in [-0.2, -0.15) is 0 Å². The molecule has 0 saturated heterocycles. The van der Waals surface area contributed by atoms with Crippen LogP contribution in [0.5, 0.6) is 0 Å². The maximum absolute atomic E-state index is 3.75. The minimum atomic E-state index is 0.442. The van der Waals surface area contributed by atoms with Gasteiger partial charge in [-0.1, -0.05) is 73.5 Å². The van der Waals surface area contributed by atoms with Crippen molar-refractivity contribution in [2.24, 2.45) is 5.92 Å². The Morgan fingerprint density at radius 2 is 1.76 bits per heavy atom. The quantitative estimate of drug-likeness (QED) is 0.639. The summed E-state index contributed by atoms with van der Waals surface area (Å²) in [4.78, 5) is 0. The zero-order valence-corrected chi connectivity index (χ0v) is 14.9. The molecule has 2 aromatic carbocycles. The minimum absolute atomic E-state index is 0.442. The van der Waals surface area contributed by atoms with Crippen LogP contribution in [0.1, 0.15) is 51.6 Å². The molecule has 0 spiro atoms. The number of nitrogens with one attached hydrogen (secondary N) is 1. The first kappa shape index (κ1) is 16.5. The van der Waals surface area contributed by atoms with Crippen LogP contribution in [0, 0.1) is 5.92 Å². The fraction of sp³-hybridized carbons (Fsp3) is 0.474. The summed E-state index contributed by atoms with van der Waals surface area (Å²) in [6.07, 6.45) is 3.60. The number of fused-ring (bicyclic) bond motifs is 1. The molecule has 2 rings (SSSR count). The van der Waals surface area contributed by atoms with Gasteiger partial charge >= 0.3 is 0 Å². The molecule has 0 aromatic heterocycles. The Bertz CT molecular complexity index is 579. The smallest absolute Gasteiger partial charge is 0.0328 e. The first-order valence-corrected chi connectivity index (χ1v) is 8.87. The van der Waals surface area contributed by atoms with Crippen molar-refractivity contribution in [3.63, 3.8) is 0 Å². The molecule has 0 heterocycles. The van der Waals surface area contributed by atoms with E-state index in [4.69, 9.17) is 0 Å². The number of benzene rings is 2. The van der Waals surface area contributed by atoms with Crippen molar-refractivity contribution in [3.8, 4) is 0 Å². The second-order valence-electron chi connectivity index (χ2n) is 5.94. The molecule has 114 valence electrons. The van der Waals surface area contributed by atoms with Gasteiger partial charge in [0.05, 0.1) is 0 Å². The molecule has 2 heteroatoms. The van der Waals surface area contributed by atoms with Gasteiger partial charge < -0.3 is 5.32 Å². The molecule has 0 radical (unpaired) electrons. The van der Waals surface area contributed by atoms with Crippen LogP contribution in [0.3, 0.4) is 0 Å². The van der Waals surface area contributed by atoms with Crippen LogP contribution < -0.4 is 5.32 Å². The molecule has 2 atom stereocenters. The zero-order valence-electron chi connectivity index (χ0n) is 13.3. The summed E-state index contributed by atoms with van der Waals surface area (Å²) in [5.74, 6) is 0.738. The molecule has 0 aliphatic carbocycles. The monoisotopic (exact) mass is 347 g/mol. The Kier molecular flexibility index (Phi) is 6.25. The van der Waals surface area contributed by atoms with Gasteiger partial charge in [0, 0.05) is 10.5 Å². The second kappa shape index (κ2) is 7.95.